The Morgan fingerprint density at radius 1 is 1.20 bits per heavy atom. The molecule has 0 aliphatic heterocycles. The van der Waals surface area contributed by atoms with E-state index in [9.17, 15) is 10.1 Å². The van der Waals surface area contributed by atoms with E-state index in [1.54, 1.807) is 6.08 Å². The second-order valence-electron chi connectivity index (χ2n) is 7.62. The molecule has 156 valence electrons. The summed E-state index contributed by atoms with van der Waals surface area (Å²) in [7, 11) is 0. The number of carbonyl (C=O) groups is 1. The zero-order chi connectivity index (χ0) is 21.5. The van der Waals surface area contributed by atoms with Crippen molar-refractivity contribution in [1.29, 1.82) is 5.26 Å². The van der Waals surface area contributed by atoms with Crippen LogP contribution in [0.5, 0.6) is 5.75 Å². The summed E-state index contributed by atoms with van der Waals surface area (Å²) in [6.07, 6.45) is 6.03. The lowest BCUT2D eigenvalue weighted by Gasteiger charge is -2.29. The molecule has 30 heavy (non-hydrogen) atoms. The van der Waals surface area contributed by atoms with Gasteiger partial charge in [-0.05, 0) is 76.2 Å². The molecule has 1 aliphatic carbocycles. The van der Waals surface area contributed by atoms with Crippen LogP contribution in [-0.4, -0.2) is 11.9 Å². The number of hydrogen-bond acceptors (Lipinski definition) is 3. The van der Waals surface area contributed by atoms with E-state index in [4.69, 9.17) is 4.74 Å². The average molecular weight is 532 g/mol. The lowest BCUT2D eigenvalue weighted by molar-refractivity contribution is -0.118. The van der Waals surface area contributed by atoms with Gasteiger partial charge in [0.1, 0.15) is 24.0 Å². The largest absolute Gasteiger partial charge is 0.488 e. The molecule has 0 heterocycles. The molecular weight excluding hydrogens is 508 g/mol. The summed E-state index contributed by atoms with van der Waals surface area (Å²) in [5.41, 5.74) is 1.94. The lowest BCUT2D eigenvalue weighted by atomic mass is 9.86. The third kappa shape index (κ3) is 6.20. The van der Waals surface area contributed by atoms with Gasteiger partial charge in [-0.25, -0.2) is 0 Å². The van der Waals surface area contributed by atoms with Crippen LogP contribution in [0.25, 0.3) is 6.08 Å². The molecule has 4 nitrogen and oxygen atoms in total. The van der Waals surface area contributed by atoms with Crippen molar-refractivity contribution in [3.63, 3.8) is 0 Å². The van der Waals surface area contributed by atoms with Crippen LogP contribution in [0.15, 0.2) is 57.0 Å². The topological polar surface area (TPSA) is 62.1 Å². The fourth-order valence-corrected chi connectivity index (χ4v) is 4.33. The van der Waals surface area contributed by atoms with Crippen LogP contribution in [0.1, 0.15) is 43.7 Å². The molecule has 0 radical (unpaired) electrons. The Labute approximate surface area is 194 Å². The van der Waals surface area contributed by atoms with Gasteiger partial charge in [-0.1, -0.05) is 53.9 Å². The third-order valence-corrected chi connectivity index (χ3v) is 6.52. The number of ether oxygens (including phenoxy) is 1. The standard InChI is InChI=1S/C24H24Br2N2O2/c1-16-4-2-3-5-22(16)28-24(29)19(14-27)12-18-8-11-23(21(26)13-18)30-15-17-6-9-20(25)10-7-17/h6-13,16,22H,2-5,15H2,1H3,(H,28,29)/b19-12+/t16-,22-/m0/s1. The smallest absolute Gasteiger partial charge is 0.262 e. The van der Waals surface area contributed by atoms with Gasteiger partial charge in [-0.3, -0.25) is 4.79 Å². The van der Waals surface area contributed by atoms with Crippen LogP contribution in [0.3, 0.4) is 0 Å². The quantitative estimate of drug-likeness (QED) is 0.347. The normalized spacial score (nSPS) is 19.1. The van der Waals surface area contributed by atoms with E-state index in [2.05, 4.69) is 44.1 Å². The number of amides is 1. The summed E-state index contributed by atoms with van der Waals surface area (Å²) in [4.78, 5) is 12.6. The van der Waals surface area contributed by atoms with Gasteiger partial charge in [0.2, 0.25) is 0 Å². The highest BCUT2D eigenvalue weighted by Gasteiger charge is 2.24. The fraction of sp³-hybridized carbons (Fsp3) is 0.333. The minimum Gasteiger partial charge on any atom is -0.488 e. The third-order valence-electron chi connectivity index (χ3n) is 5.37. The number of halogens is 2. The van der Waals surface area contributed by atoms with E-state index in [-0.39, 0.29) is 17.5 Å². The number of rotatable bonds is 6. The first kappa shape index (κ1) is 22.6. The molecule has 0 aromatic heterocycles. The molecule has 0 spiro atoms. The molecule has 1 saturated carbocycles. The molecule has 1 aliphatic rings. The van der Waals surface area contributed by atoms with Gasteiger partial charge >= 0.3 is 0 Å². The zero-order valence-electron chi connectivity index (χ0n) is 16.8. The predicted octanol–water partition coefficient (Wildman–Crippen LogP) is 6.39. The van der Waals surface area contributed by atoms with Crippen molar-refractivity contribution in [2.45, 2.75) is 45.3 Å². The summed E-state index contributed by atoms with van der Waals surface area (Å²) < 4.78 is 7.68. The van der Waals surface area contributed by atoms with Gasteiger partial charge in [0, 0.05) is 10.5 Å². The molecule has 6 heteroatoms. The molecular formula is C24H24Br2N2O2. The van der Waals surface area contributed by atoms with Crippen LogP contribution in [-0.2, 0) is 11.4 Å². The number of benzene rings is 2. The van der Waals surface area contributed by atoms with Crippen LogP contribution in [0.4, 0.5) is 0 Å². The summed E-state index contributed by atoms with van der Waals surface area (Å²) in [5.74, 6) is 0.843. The first-order chi connectivity index (χ1) is 14.5. The van der Waals surface area contributed by atoms with Gasteiger partial charge in [-0.2, -0.15) is 5.26 Å². The number of nitrogens with one attached hydrogen (secondary N) is 1. The van der Waals surface area contributed by atoms with Gasteiger partial charge in [0.15, 0.2) is 0 Å². The molecule has 2 atom stereocenters. The Kier molecular flexibility index (Phi) is 8.12. The molecule has 1 amide bonds. The molecule has 0 unspecified atom stereocenters. The van der Waals surface area contributed by atoms with E-state index >= 15 is 0 Å². The first-order valence-electron chi connectivity index (χ1n) is 10.1. The summed E-state index contributed by atoms with van der Waals surface area (Å²) >= 11 is 6.95. The van der Waals surface area contributed by atoms with E-state index < -0.39 is 0 Å². The molecule has 2 aromatic carbocycles. The fourth-order valence-electron chi connectivity index (χ4n) is 3.56. The molecule has 1 fully saturated rings. The molecule has 0 bridgehead atoms. The Hall–Kier alpha value is -2.10. The highest BCUT2D eigenvalue weighted by molar-refractivity contribution is 9.10. The van der Waals surface area contributed by atoms with Crippen molar-refractivity contribution in [3.8, 4) is 11.8 Å². The van der Waals surface area contributed by atoms with E-state index in [0.717, 1.165) is 39.3 Å². The number of carbonyl (C=O) groups excluding carboxylic acids is 1. The van der Waals surface area contributed by atoms with Crippen LogP contribution in [0, 0.1) is 17.2 Å². The Morgan fingerprint density at radius 3 is 2.60 bits per heavy atom. The summed E-state index contributed by atoms with van der Waals surface area (Å²) in [6.45, 7) is 2.61. The lowest BCUT2D eigenvalue weighted by Crippen LogP contribution is -2.41. The maximum Gasteiger partial charge on any atom is 0.262 e. The maximum absolute atomic E-state index is 12.6. The van der Waals surface area contributed by atoms with Crippen molar-refractivity contribution in [1.82, 2.24) is 5.32 Å². The Balaban J connectivity index is 1.66. The molecule has 1 N–H and O–H groups in total. The second-order valence-corrected chi connectivity index (χ2v) is 9.39. The van der Waals surface area contributed by atoms with Gasteiger partial charge in [0.25, 0.3) is 5.91 Å². The predicted molar refractivity (Wildman–Crippen MR) is 126 cm³/mol. The number of hydrogen-bond donors (Lipinski definition) is 1. The monoisotopic (exact) mass is 530 g/mol. The van der Waals surface area contributed by atoms with E-state index in [0.29, 0.717) is 18.3 Å². The summed E-state index contributed by atoms with van der Waals surface area (Å²) in [5, 5.41) is 12.5. The Bertz CT molecular complexity index is 964. The minimum atomic E-state index is -0.303. The van der Waals surface area contributed by atoms with Crippen LogP contribution < -0.4 is 10.1 Å². The van der Waals surface area contributed by atoms with Crippen molar-refractivity contribution >= 4 is 43.8 Å². The maximum atomic E-state index is 12.6. The van der Waals surface area contributed by atoms with Gasteiger partial charge in [-0.15, -0.1) is 0 Å². The number of nitrogens with zero attached hydrogens (tertiary/aromatic N) is 1. The van der Waals surface area contributed by atoms with Crippen molar-refractivity contribution < 1.29 is 9.53 Å². The second kappa shape index (κ2) is 10.8. The SMILES string of the molecule is C[C@H]1CCCC[C@@H]1NC(=O)/C(C#N)=C/c1ccc(OCc2ccc(Br)cc2)c(Br)c1. The highest BCUT2D eigenvalue weighted by atomic mass is 79.9. The molecule has 0 saturated heterocycles. The van der Waals surface area contributed by atoms with Gasteiger partial charge < -0.3 is 10.1 Å². The van der Waals surface area contributed by atoms with Crippen LogP contribution in [0.2, 0.25) is 0 Å². The van der Waals surface area contributed by atoms with Crippen molar-refractivity contribution in [3.05, 3.63) is 68.1 Å². The summed E-state index contributed by atoms with van der Waals surface area (Å²) in [6, 6.07) is 15.7. The van der Waals surface area contributed by atoms with Crippen LogP contribution >= 0.6 is 31.9 Å². The average Bonchev–Trinajstić information content (AvgIpc) is 2.74. The molecule has 2 aromatic rings. The number of nitriles is 1. The molecule has 3 rings (SSSR count). The van der Waals surface area contributed by atoms with Crippen molar-refractivity contribution in [2.75, 3.05) is 0 Å². The van der Waals surface area contributed by atoms with E-state index in [1.807, 2.05) is 48.5 Å². The van der Waals surface area contributed by atoms with Gasteiger partial charge in [0.05, 0.1) is 4.47 Å². The van der Waals surface area contributed by atoms with E-state index in [1.165, 1.54) is 6.42 Å². The minimum absolute atomic E-state index is 0.114. The first-order valence-corrected chi connectivity index (χ1v) is 11.6. The Morgan fingerprint density at radius 2 is 1.93 bits per heavy atom. The highest BCUT2D eigenvalue weighted by Crippen LogP contribution is 2.28. The van der Waals surface area contributed by atoms with Crippen molar-refractivity contribution in [2.24, 2.45) is 5.92 Å². The zero-order valence-corrected chi connectivity index (χ0v) is 20.0.